The molecule has 1 aliphatic carbocycles. The Kier molecular flexibility index (Phi) is 4.25. The highest BCUT2D eigenvalue weighted by atomic mass is 16.5. The van der Waals surface area contributed by atoms with Gasteiger partial charge in [0.25, 0.3) is 5.91 Å². The number of carbonyl (C=O) groups excluding carboxylic acids is 4. The van der Waals surface area contributed by atoms with Crippen LogP contribution in [-0.2, 0) is 19.1 Å². The van der Waals surface area contributed by atoms with Gasteiger partial charge in [0.2, 0.25) is 5.91 Å². The van der Waals surface area contributed by atoms with E-state index in [0.29, 0.717) is 6.42 Å². The van der Waals surface area contributed by atoms with Gasteiger partial charge >= 0.3 is 12.0 Å². The zero-order valence-corrected chi connectivity index (χ0v) is 14.9. The molecule has 3 fully saturated rings. The van der Waals surface area contributed by atoms with Crippen LogP contribution in [0.3, 0.4) is 0 Å². The van der Waals surface area contributed by atoms with Gasteiger partial charge in [0.05, 0.1) is 6.61 Å². The maximum atomic E-state index is 12.8. The fourth-order valence-electron chi connectivity index (χ4n) is 3.99. The van der Waals surface area contributed by atoms with Crippen molar-refractivity contribution in [3.8, 4) is 0 Å². The lowest BCUT2D eigenvalue weighted by Crippen LogP contribution is -2.54. The van der Waals surface area contributed by atoms with Crippen LogP contribution in [0.1, 0.15) is 46.5 Å². The number of ether oxygens (including phenoxy) is 1. The van der Waals surface area contributed by atoms with Gasteiger partial charge in [0.1, 0.15) is 18.1 Å². The number of nitrogens with zero attached hydrogens (tertiary/aromatic N) is 1. The molecule has 4 amide bonds. The minimum absolute atomic E-state index is 0.0366. The summed E-state index contributed by atoms with van der Waals surface area (Å²) in [4.78, 5) is 50.2. The van der Waals surface area contributed by atoms with E-state index in [4.69, 9.17) is 4.74 Å². The molecule has 8 nitrogen and oxygen atoms in total. The quantitative estimate of drug-likeness (QED) is 0.571. The van der Waals surface area contributed by atoms with E-state index in [-0.39, 0.29) is 25.0 Å². The Labute approximate surface area is 146 Å². The van der Waals surface area contributed by atoms with E-state index in [0.717, 1.165) is 24.2 Å². The average molecular weight is 351 g/mol. The highest BCUT2D eigenvalue weighted by molar-refractivity contribution is 6.09. The molecule has 8 heteroatoms. The van der Waals surface area contributed by atoms with Crippen molar-refractivity contribution in [2.24, 2.45) is 11.3 Å². The minimum Gasteiger partial charge on any atom is -0.463 e. The third-order valence-electron chi connectivity index (χ3n) is 5.71. The topological polar surface area (TPSA) is 105 Å². The van der Waals surface area contributed by atoms with Gasteiger partial charge in [-0.1, -0.05) is 33.6 Å². The fraction of sp³-hybridized carbons (Fsp3) is 0.765. The second kappa shape index (κ2) is 6.00. The number of amides is 4. The highest BCUT2D eigenvalue weighted by Gasteiger charge is 2.55. The van der Waals surface area contributed by atoms with Crippen molar-refractivity contribution in [3.63, 3.8) is 0 Å². The first-order chi connectivity index (χ1) is 11.7. The van der Waals surface area contributed by atoms with Gasteiger partial charge in [0.15, 0.2) is 0 Å². The molecule has 1 saturated carbocycles. The predicted molar refractivity (Wildman–Crippen MR) is 87.3 cm³/mol. The van der Waals surface area contributed by atoms with Crippen LogP contribution in [0.25, 0.3) is 0 Å². The molecule has 0 aromatic rings. The van der Waals surface area contributed by atoms with E-state index in [9.17, 15) is 19.2 Å². The molecule has 0 unspecified atom stereocenters. The maximum absolute atomic E-state index is 12.8. The van der Waals surface area contributed by atoms with Crippen molar-refractivity contribution in [2.75, 3.05) is 13.2 Å². The molecule has 0 bridgehead atoms. The number of hydrogen-bond donors (Lipinski definition) is 2. The Balaban J connectivity index is 1.68. The van der Waals surface area contributed by atoms with E-state index in [1.165, 1.54) is 0 Å². The van der Waals surface area contributed by atoms with E-state index < -0.39 is 34.9 Å². The van der Waals surface area contributed by atoms with Crippen molar-refractivity contribution in [3.05, 3.63) is 0 Å². The lowest BCUT2D eigenvalue weighted by atomic mass is 9.73. The minimum atomic E-state index is -0.888. The summed E-state index contributed by atoms with van der Waals surface area (Å²) < 4.78 is 4.98. The van der Waals surface area contributed by atoms with Gasteiger partial charge in [-0.15, -0.1) is 0 Å². The van der Waals surface area contributed by atoms with Crippen molar-refractivity contribution < 1.29 is 23.9 Å². The summed E-state index contributed by atoms with van der Waals surface area (Å²) in [6.07, 6.45) is 3.37. The third-order valence-corrected chi connectivity index (χ3v) is 5.71. The average Bonchev–Trinajstić information content (AvgIpc) is 2.93. The smallest absolute Gasteiger partial charge is 0.329 e. The van der Waals surface area contributed by atoms with Gasteiger partial charge in [-0.2, -0.15) is 0 Å². The van der Waals surface area contributed by atoms with Crippen LogP contribution in [0, 0.1) is 11.3 Å². The first kappa shape index (κ1) is 17.7. The summed E-state index contributed by atoms with van der Waals surface area (Å²) in [6, 6.07) is -1.31. The van der Waals surface area contributed by atoms with E-state index in [1.54, 1.807) is 0 Å². The Morgan fingerprint density at radius 3 is 2.64 bits per heavy atom. The lowest BCUT2D eigenvalue weighted by Gasteiger charge is -2.36. The SMILES string of the molecule is C[C@@H]1CCCC[C@@]12NC(=O)N(CC(=O)N[C@H]1C(=O)OCC1(C)C)C2=O. The number of nitrogens with one attached hydrogen (secondary N) is 2. The molecule has 2 N–H and O–H groups in total. The van der Waals surface area contributed by atoms with Gasteiger partial charge in [-0.3, -0.25) is 14.5 Å². The first-order valence-corrected chi connectivity index (χ1v) is 8.77. The maximum Gasteiger partial charge on any atom is 0.329 e. The fourth-order valence-corrected chi connectivity index (χ4v) is 3.99. The van der Waals surface area contributed by atoms with Crippen LogP contribution in [0.15, 0.2) is 0 Å². The Morgan fingerprint density at radius 2 is 2.04 bits per heavy atom. The number of urea groups is 1. The zero-order valence-electron chi connectivity index (χ0n) is 14.9. The Hall–Kier alpha value is -2.12. The molecule has 3 rings (SSSR count). The number of rotatable bonds is 3. The molecule has 0 aromatic heterocycles. The second-order valence-corrected chi connectivity index (χ2v) is 8.04. The molecule has 2 heterocycles. The molecule has 3 aliphatic rings. The third kappa shape index (κ3) is 2.87. The molecule has 1 spiro atoms. The molecule has 25 heavy (non-hydrogen) atoms. The van der Waals surface area contributed by atoms with Crippen LogP contribution in [-0.4, -0.2) is 53.4 Å². The van der Waals surface area contributed by atoms with Crippen LogP contribution < -0.4 is 10.6 Å². The molecule has 138 valence electrons. The van der Waals surface area contributed by atoms with E-state index in [2.05, 4.69) is 10.6 Å². The highest BCUT2D eigenvalue weighted by Crippen LogP contribution is 2.38. The normalized spacial score (nSPS) is 34.2. The van der Waals surface area contributed by atoms with Crippen LogP contribution in [0.2, 0.25) is 0 Å². The molecule has 3 atom stereocenters. The van der Waals surface area contributed by atoms with Gasteiger partial charge in [-0.05, 0) is 18.8 Å². The summed E-state index contributed by atoms with van der Waals surface area (Å²) in [5.41, 5.74) is -1.41. The summed E-state index contributed by atoms with van der Waals surface area (Å²) in [6.45, 7) is 5.42. The predicted octanol–water partition coefficient (Wildman–Crippen LogP) is 0.555. The molecule has 2 saturated heterocycles. The summed E-state index contributed by atoms with van der Waals surface area (Å²) in [5.74, 6) is -1.34. The van der Waals surface area contributed by atoms with Gasteiger partial charge in [-0.25, -0.2) is 9.59 Å². The Bertz CT molecular complexity index is 632. The summed E-state index contributed by atoms with van der Waals surface area (Å²) in [5, 5.41) is 5.41. The van der Waals surface area contributed by atoms with E-state index >= 15 is 0 Å². The molecule has 0 aromatic carbocycles. The zero-order chi connectivity index (χ0) is 18.4. The van der Waals surface area contributed by atoms with Crippen molar-refractivity contribution in [1.82, 2.24) is 15.5 Å². The van der Waals surface area contributed by atoms with Crippen molar-refractivity contribution >= 4 is 23.8 Å². The first-order valence-electron chi connectivity index (χ1n) is 8.77. The van der Waals surface area contributed by atoms with Crippen LogP contribution >= 0.6 is 0 Å². The van der Waals surface area contributed by atoms with Crippen molar-refractivity contribution in [1.29, 1.82) is 0 Å². The number of cyclic esters (lactones) is 1. The molecule has 0 radical (unpaired) electrons. The number of esters is 1. The number of hydrogen-bond acceptors (Lipinski definition) is 5. The second-order valence-electron chi connectivity index (χ2n) is 8.04. The number of carbonyl (C=O) groups is 4. The molecule has 2 aliphatic heterocycles. The molecular formula is C17H25N3O5. The van der Waals surface area contributed by atoms with Crippen molar-refractivity contribution in [2.45, 2.75) is 58.0 Å². The van der Waals surface area contributed by atoms with Crippen LogP contribution in [0.5, 0.6) is 0 Å². The van der Waals surface area contributed by atoms with Crippen LogP contribution in [0.4, 0.5) is 4.79 Å². The summed E-state index contributed by atoms with van der Waals surface area (Å²) in [7, 11) is 0. The Morgan fingerprint density at radius 1 is 1.32 bits per heavy atom. The van der Waals surface area contributed by atoms with Gasteiger partial charge in [0, 0.05) is 5.41 Å². The van der Waals surface area contributed by atoms with Gasteiger partial charge < -0.3 is 15.4 Å². The monoisotopic (exact) mass is 351 g/mol. The number of imide groups is 1. The molecular weight excluding hydrogens is 326 g/mol. The lowest BCUT2D eigenvalue weighted by molar-refractivity contribution is -0.142. The summed E-state index contributed by atoms with van der Waals surface area (Å²) >= 11 is 0. The largest absolute Gasteiger partial charge is 0.463 e. The standard InChI is InChI=1S/C17H25N3O5/c1-10-6-4-5-7-17(10)14(23)20(15(24)19-17)8-11(21)18-12-13(22)25-9-16(12,2)3/h10,12H,4-9H2,1-3H3,(H,18,21)(H,19,24)/t10-,12+,17-/m1/s1. The van der Waals surface area contributed by atoms with E-state index in [1.807, 2.05) is 20.8 Å².